The van der Waals surface area contributed by atoms with Gasteiger partial charge in [0.25, 0.3) is 0 Å². The van der Waals surface area contributed by atoms with E-state index in [4.69, 9.17) is 9.84 Å². The molecule has 0 spiro atoms. The predicted octanol–water partition coefficient (Wildman–Crippen LogP) is 6.25. The monoisotopic (exact) mass is 516 g/mol. The van der Waals surface area contributed by atoms with E-state index in [9.17, 15) is 23.2 Å². The molecule has 0 aliphatic heterocycles. The average molecular weight is 516 g/mol. The number of H-pyrrole nitrogens is 2. The quantitative estimate of drug-likeness (QED) is 0.226. The molecule has 3 N–H and O–H groups in total. The van der Waals surface area contributed by atoms with E-state index in [1.54, 1.807) is 18.2 Å². The number of carboxylic acid groups (broad SMARTS) is 1. The molecule has 0 saturated heterocycles. The number of aromatic nitrogens is 3. The second-order valence-corrected chi connectivity index (χ2v) is 8.57. The number of nitrogens with one attached hydrogen (secondary N) is 2. The molecule has 0 saturated carbocycles. The number of nitrogens with zero attached hydrogens (tertiary/aromatic N) is 2. The molecule has 0 fully saturated rings. The third-order valence-corrected chi connectivity index (χ3v) is 6.08. The molecule has 0 radical (unpaired) electrons. The number of carbonyl (C=O) groups is 1. The first kappa shape index (κ1) is 24.6. The number of benzene rings is 3. The molecule has 0 bridgehead atoms. The lowest BCUT2D eigenvalue weighted by Gasteiger charge is -2.10. The summed E-state index contributed by atoms with van der Waals surface area (Å²) in [5.41, 5.74) is 2.55. The molecule has 2 aromatic heterocycles. The van der Waals surface area contributed by atoms with Gasteiger partial charge in [-0.1, -0.05) is 18.2 Å². The zero-order valence-electron chi connectivity index (χ0n) is 19.7. The van der Waals surface area contributed by atoms with Crippen molar-refractivity contribution in [2.24, 2.45) is 0 Å². The highest BCUT2D eigenvalue weighted by Crippen LogP contribution is 2.34. The second kappa shape index (κ2) is 10.1. The Morgan fingerprint density at radius 2 is 1.89 bits per heavy atom. The normalized spacial score (nSPS) is 11.0. The molecule has 0 unspecified atom stereocenters. The van der Waals surface area contributed by atoms with Gasteiger partial charge < -0.3 is 19.8 Å². The largest absolute Gasteiger partial charge is 0.481 e. The van der Waals surface area contributed by atoms with E-state index in [0.29, 0.717) is 22.4 Å². The number of ether oxygens (including phenoxy) is 1. The number of aliphatic carboxylic acids is 1. The van der Waals surface area contributed by atoms with Crippen molar-refractivity contribution in [1.29, 1.82) is 5.26 Å². The minimum absolute atomic E-state index is 0.00457. The first-order chi connectivity index (χ1) is 18.3. The Labute approximate surface area is 214 Å². The number of fused-ring (bicyclic) bond motifs is 1. The SMILES string of the molecule is N#Cc1c(CCC(=O)O)cccc1Cc1cnc(-c2cc(Oc3c(F)cc4[nH]ccc4c3F)ccc2F)[nH]1. The van der Waals surface area contributed by atoms with Crippen molar-refractivity contribution in [3.8, 4) is 29.0 Å². The number of aryl methyl sites for hydroxylation is 1. The van der Waals surface area contributed by atoms with Gasteiger partial charge in [0.1, 0.15) is 17.4 Å². The third kappa shape index (κ3) is 4.82. The van der Waals surface area contributed by atoms with Crippen LogP contribution in [-0.4, -0.2) is 26.0 Å². The van der Waals surface area contributed by atoms with Crippen LogP contribution in [0.1, 0.15) is 28.8 Å². The van der Waals surface area contributed by atoms with Gasteiger partial charge in [0.05, 0.1) is 22.7 Å². The van der Waals surface area contributed by atoms with Crippen LogP contribution in [0.3, 0.4) is 0 Å². The van der Waals surface area contributed by atoms with Gasteiger partial charge in [-0.2, -0.15) is 5.26 Å². The lowest BCUT2D eigenvalue weighted by atomic mass is 9.96. The molecular formula is C28H19F3N4O3. The molecule has 5 aromatic rings. The first-order valence-electron chi connectivity index (χ1n) is 11.5. The van der Waals surface area contributed by atoms with Crippen LogP contribution in [0.4, 0.5) is 13.2 Å². The number of hydrogen-bond donors (Lipinski definition) is 3. The van der Waals surface area contributed by atoms with Crippen molar-refractivity contribution in [3.63, 3.8) is 0 Å². The van der Waals surface area contributed by atoms with Crippen molar-refractivity contribution in [2.75, 3.05) is 0 Å². The third-order valence-electron chi connectivity index (χ3n) is 6.08. The first-order valence-corrected chi connectivity index (χ1v) is 11.5. The molecule has 10 heteroatoms. The van der Waals surface area contributed by atoms with E-state index in [1.807, 2.05) is 0 Å². The van der Waals surface area contributed by atoms with Gasteiger partial charge >= 0.3 is 5.97 Å². The Kier molecular flexibility index (Phi) is 6.58. The van der Waals surface area contributed by atoms with Gasteiger partial charge in [0, 0.05) is 42.4 Å². The van der Waals surface area contributed by atoms with E-state index in [1.165, 1.54) is 30.6 Å². The van der Waals surface area contributed by atoms with E-state index < -0.39 is 29.2 Å². The van der Waals surface area contributed by atoms with Gasteiger partial charge in [-0.05, 0) is 41.8 Å². The summed E-state index contributed by atoms with van der Waals surface area (Å²) in [5, 5.41) is 18.8. The van der Waals surface area contributed by atoms with Crippen LogP contribution in [0.2, 0.25) is 0 Å². The van der Waals surface area contributed by atoms with Crippen molar-refractivity contribution >= 4 is 16.9 Å². The topological polar surface area (TPSA) is 115 Å². The molecule has 7 nitrogen and oxygen atoms in total. The maximum absolute atomic E-state index is 14.8. The molecule has 0 aliphatic carbocycles. The molecular weight excluding hydrogens is 497 g/mol. The Morgan fingerprint density at radius 1 is 1.08 bits per heavy atom. The van der Waals surface area contributed by atoms with Crippen LogP contribution in [0.15, 0.2) is 60.9 Å². The number of nitriles is 1. The van der Waals surface area contributed by atoms with E-state index in [0.717, 1.165) is 12.1 Å². The van der Waals surface area contributed by atoms with E-state index >= 15 is 0 Å². The van der Waals surface area contributed by atoms with Crippen molar-refractivity contribution in [1.82, 2.24) is 15.0 Å². The Balaban J connectivity index is 1.41. The number of hydrogen-bond acceptors (Lipinski definition) is 4. The van der Waals surface area contributed by atoms with Gasteiger partial charge in [-0.15, -0.1) is 0 Å². The van der Waals surface area contributed by atoms with Crippen LogP contribution in [0, 0.1) is 28.8 Å². The summed E-state index contributed by atoms with van der Waals surface area (Å²) < 4.78 is 49.5. The van der Waals surface area contributed by atoms with Gasteiger partial charge in [-0.3, -0.25) is 4.79 Å². The smallest absolute Gasteiger partial charge is 0.303 e. The summed E-state index contributed by atoms with van der Waals surface area (Å²) in [4.78, 5) is 20.9. The van der Waals surface area contributed by atoms with Crippen molar-refractivity contribution in [3.05, 3.63) is 101 Å². The number of aromatic amines is 2. The van der Waals surface area contributed by atoms with Crippen molar-refractivity contribution < 1.29 is 27.8 Å². The predicted molar refractivity (Wildman–Crippen MR) is 132 cm³/mol. The molecule has 5 rings (SSSR count). The fourth-order valence-corrected chi connectivity index (χ4v) is 4.26. The van der Waals surface area contributed by atoms with Gasteiger partial charge in [0.2, 0.25) is 0 Å². The summed E-state index contributed by atoms with van der Waals surface area (Å²) in [5.74, 6) is -3.83. The fourth-order valence-electron chi connectivity index (χ4n) is 4.26. The Hall–Kier alpha value is -5.04. The minimum Gasteiger partial charge on any atom is -0.481 e. The Morgan fingerprint density at radius 3 is 2.68 bits per heavy atom. The number of imidazole rings is 1. The second-order valence-electron chi connectivity index (χ2n) is 8.57. The van der Waals surface area contributed by atoms with Crippen LogP contribution >= 0.6 is 0 Å². The number of halogens is 3. The van der Waals surface area contributed by atoms with Crippen molar-refractivity contribution in [2.45, 2.75) is 19.3 Å². The summed E-state index contributed by atoms with van der Waals surface area (Å²) in [6, 6.07) is 13.6. The van der Waals surface area contributed by atoms with Crippen LogP contribution in [0.25, 0.3) is 22.3 Å². The zero-order chi connectivity index (χ0) is 26.8. The number of rotatable bonds is 8. The maximum atomic E-state index is 14.8. The van der Waals surface area contributed by atoms with Gasteiger partial charge in [0.15, 0.2) is 17.4 Å². The fraction of sp³-hybridized carbons (Fsp3) is 0.107. The highest BCUT2D eigenvalue weighted by molar-refractivity contribution is 5.82. The molecule has 0 aliphatic rings. The van der Waals surface area contributed by atoms with E-state index in [2.05, 4.69) is 21.0 Å². The Bertz CT molecular complexity index is 1720. The summed E-state index contributed by atoms with van der Waals surface area (Å²) in [6.45, 7) is 0. The van der Waals surface area contributed by atoms with E-state index in [-0.39, 0.29) is 47.3 Å². The van der Waals surface area contributed by atoms with Crippen LogP contribution in [-0.2, 0) is 17.6 Å². The molecule has 38 heavy (non-hydrogen) atoms. The lowest BCUT2D eigenvalue weighted by molar-refractivity contribution is -0.136. The number of carboxylic acids is 1. The summed E-state index contributed by atoms with van der Waals surface area (Å²) >= 11 is 0. The highest BCUT2D eigenvalue weighted by Gasteiger charge is 2.19. The minimum atomic E-state index is -0.957. The highest BCUT2D eigenvalue weighted by atomic mass is 19.1. The summed E-state index contributed by atoms with van der Waals surface area (Å²) in [6.07, 6.45) is 3.36. The molecule has 2 heterocycles. The van der Waals surface area contributed by atoms with Crippen LogP contribution < -0.4 is 4.74 Å². The molecule has 0 amide bonds. The standard InChI is InChI=1S/C28H19F3N4O3/c29-22-6-5-18(38-27-23(30)12-24-19(26(27)31)8-9-33-24)11-20(22)28-34-14-17(35-28)10-16-3-1-2-15(21(16)13-32)4-7-25(36)37/h1-3,5-6,8-9,11-12,14,33H,4,7,10H2,(H,34,35)(H,36,37). The average Bonchev–Trinajstić information content (AvgIpc) is 3.56. The molecule has 190 valence electrons. The summed E-state index contributed by atoms with van der Waals surface area (Å²) in [7, 11) is 0. The maximum Gasteiger partial charge on any atom is 0.303 e. The molecule has 0 atom stereocenters. The lowest BCUT2D eigenvalue weighted by Crippen LogP contribution is -2.02. The van der Waals surface area contributed by atoms with Gasteiger partial charge in [-0.25, -0.2) is 18.2 Å². The van der Waals surface area contributed by atoms with Crippen LogP contribution in [0.5, 0.6) is 11.5 Å². The zero-order valence-corrected chi connectivity index (χ0v) is 19.7. The molecule has 3 aromatic carbocycles.